The van der Waals surface area contributed by atoms with Crippen molar-refractivity contribution < 1.29 is 45.5 Å². The van der Waals surface area contributed by atoms with E-state index in [9.17, 15) is 45.5 Å². The van der Waals surface area contributed by atoms with E-state index < -0.39 is 63.7 Å². The number of anilines is 1. The molecular formula is C25H12F6N2O4. The Morgan fingerprint density at radius 3 is 1.62 bits per heavy atom. The third-order valence-corrected chi connectivity index (χ3v) is 6.35. The first-order valence-corrected chi connectivity index (χ1v) is 10.5. The van der Waals surface area contributed by atoms with Gasteiger partial charge in [0, 0.05) is 0 Å². The summed E-state index contributed by atoms with van der Waals surface area (Å²) in [6, 6.07) is 10.5. The molecule has 37 heavy (non-hydrogen) atoms. The second-order valence-corrected chi connectivity index (χ2v) is 8.33. The summed E-state index contributed by atoms with van der Waals surface area (Å²) in [6.45, 7) is 0. The van der Waals surface area contributed by atoms with Gasteiger partial charge in [-0.05, 0) is 47.5 Å². The van der Waals surface area contributed by atoms with Crippen LogP contribution in [0.3, 0.4) is 0 Å². The molecule has 2 aliphatic heterocycles. The van der Waals surface area contributed by atoms with Gasteiger partial charge in [-0.25, -0.2) is 4.90 Å². The maximum atomic E-state index is 14.6. The molecule has 2 aliphatic rings. The number of fused-ring (bicyclic) bond motifs is 2. The fraction of sp³-hybridized carbons (Fsp3) is 0.120. The van der Waals surface area contributed by atoms with Crippen LogP contribution in [-0.2, 0) is 5.41 Å². The number of hydrogen-bond donors (Lipinski definition) is 1. The quantitative estimate of drug-likeness (QED) is 0.400. The molecule has 0 radical (unpaired) electrons. The van der Waals surface area contributed by atoms with E-state index in [0.717, 1.165) is 6.07 Å². The smallest absolute Gasteiger partial charge is 0.288 e. The molecule has 0 bridgehead atoms. The lowest BCUT2D eigenvalue weighted by Crippen LogP contribution is -2.55. The Labute approximate surface area is 203 Å². The number of carbonyl (C=O) groups is 4. The summed E-state index contributed by atoms with van der Waals surface area (Å²) in [7, 11) is 0. The minimum atomic E-state index is -6.02. The molecule has 12 heteroatoms. The third-order valence-electron chi connectivity index (χ3n) is 6.35. The largest absolute Gasteiger partial charge is 0.411 e. The van der Waals surface area contributed by atoms with Crippen LogP contribution < -0.4 is 10.2 Å². The molecule has 6 nitrogen and oxygen atoms in total. The average Bonchev–Trinajstić information content (AvgIpc) is 3.24. The van der Waals surface area contributed by atoms with Crippen LogP contribution in [0.4, 0.5) is 32.0 Å². The fourth-order valence-corrected chi connectivity index (χ4v) is 4.67. The highest BCUT2D eigenvalue weighted by molar-refractivity contribution is 6.34. The van der Waals surface area contributed by atoms with Crippen LogP contribution in [-0.4, -0.2) is 36.0 Å². The number of carbonyl (C=O) groups excluding carboxylic acids is 4. The zero-order chi connectivity index (χ0) is 26.9. The van der Waals surface area contributed by atoms with E-state index in [4.69, 9.17) is 0 Å². The SMILES string of the molecule is O=C1NC(=O)c2cc(C(c3ccc4c(c3)C(=O)N(c3ccccc3)C4=O)(C(F)(F)F)C(F)(F)F)ccc21. The van der Waals surface area contributed by atoms with E-state index in [1.165, 1.54) is 24.3 Å². The first-order chi connectivity index (χ1) is 17.3. The van der Waals surface area contributed by atoms with Crippen LogP contribution in [0.5, 0.6) is 0 Å². The standard InChI is InChI=1S/C25H12F6N2O4/c26-24(27,28)23(25(29,30)31,12-6-8-15-17(10-12)20(35)32-19(15)34)13-7-9-16-18(11-13)22(37)33(21(16)36)14-4-2-1-3-5-14/h1-11H,(H,32,34,35). The third kappa shape index (κ3) is 3.28. The van der Waals surface area contributed by atoms with Gasteiger partial charge in [0.2, 0.25) is 5.41 Å². The number of para-hydroxylation sites is 1. The maximum absolute atomic E-state index is 14.6. The van der Waals surface area contributed by atoms with Crippen LogP contribution in [0.2, 0.25) is 0 Å². The molecule has 0 fully saturated rings. The molecule has 188 valence electrons. The lowest BCUT2D eigenvalue weighted by Gasteiger charge is -2.38. The summed E-state index contributed by atoms with van der Waals surface area (Å²) in [5.74, 6) is -4.10. The molecule has 0 saturated carbocycles. The number of halogens is 6. The average molecular weight is 518 g/mol. The summed E-state index contributed by atoms with van der Waals surface area (Å²) in [4.78, 5) is 50.3. The van der Waals surface area contributed by atoms with E-state index in [1.807, 2.05) is 5.32 Å². The van der Waals surface area contributed by atoms with Gasteiger partial charge in [0.25, 0.3) is 23.6 Å². The molecule has 4 amide bonds. The fourth-order valence-electron chi connectivity index (χ4n) is 4.67. The molecular weight excluding hydrogens is 506 g/mol. The van der Waals surface area contributed by atoms with Gasteiger partial charge in [-0.3, -0.25) is 24.5 Å². The summed E-state index contributed by atoms with van der Waals surface area (Å²) < 4.78 is 87.5. The van der Waals surface area contributed by atoms with Gasteiger partial charge >= 0.3 is 12.4 Å². The van der Waals surface area contributed by atoms with Gasteiger partial charge in [0.1, 0.15) is 0 Å². The molecule has 0 aromatic heterocycles. The van der Waals surface area contributed by atoms with Crippen molar-refractivity contribution in [1.82, 2.24) is 5.32 Å². The highest BCUT2D eigenvalue weighted by Gasteiger charge is 2.73. The Morgan fingerprint density at radius 1 is 0.568 bits per heavy atom. The topological polar surface area (TPSA) is 83.6 Å². The van der Waals surface area contributed by atoms with Crippen molar-refractivity contribution in [2.75, 3.05) is 4.90 Å². The molecule has 0 saturated heterocycles. The first kappa shape index (κ1) is 24.2. The van der Waals surface area contributed by atoms with Gasteiger partial charge in [-0.1, -0.05) is 30.3 Å². The highest BCUT2D eigenvalue weighted by atomic mass is 19.4. The molecule has 3 aromatic rings. The Morgan fingerprint density at radius 2 is 1.05 bits per heavy atom. The number of benzene rings is 3. The lowest BCUT2D eigenvalue weighted by molar-refractivity contribution is -0.288. The van der Waals surface area contributed by atoms with Crippen LogP contribution in [0, 0.1) is 0 Å². The van der Waals surface area contributed by atoms with E-state index in [2.05, 4.69) is 0 Å². The van der Waals surface area contributed by atoms with E-state index in [-0.39, 0.29) is 16.8 Å². The number of hydrogen-bond acceptors (Lipinski definition) is 4. The lowest BCUT2D eigenvalue weighted by atomic mass is 9.71. The molecule has 1 N–H and O–H groups in total. The molecule has 5 rings (SSSR count). The number of imide groups is 2. The monoisotopic (exact) mass is 518 g/mol. The molecule has 0 spiro atoms. The minimum Gasteiger partial charge on any atom is -0.288 e. The van der Waals surface area contributed by atoms with E-state index >= 15 is 0 Å². The van der Waals surface area contributed by atoms with Gasteiger partial charge in [-0.2, -0.15) is 26.3 Å². The molecule has 3 aromatic carbocycles. The van der Waals surface area contributed by atoms with Crippen LogP contribution in [0.25, 0.3) is 0 Å². The Hall–Kier alpha value is -4.48. The second kappa shape index (κ2) is 7.76. The van der Waals surface area contributed by atoms with Gasteiger partial charge in [0.15, 0.2) is 0 Å². The van der Waals surface area contributed by atoms with Crippen molar-refractivity contribution in [1.29, 1.82) is 0 Å². The summed E-state index contributed by atoms with van der Waals surface area (Å²) in [6.07, 6.45) is -12.0. The van der Waals surface area contributed by atoms with Crippen molar-refractivity contribution in [2.45, 2.75) is 17.8 Å². The predicted molar refractivity (Wildman–Crippen MR) is 115 cm³/mol. The Bertz CT molecular complexity index is 1500. The number of alkyl halides is 6. The van der Waals surface area contributed by atoms with Crippen LogP contribution in [0.1, 0.15) is 52.6 Å². The van der Waals surface area contributed by atoms with Crippen molar-refractivity contribution in [3.63, 3.8) is 0 Å². The molecule has 0 atom stereocenters. The summed E-state index contributed by atoms with van der Waals surface area (Å²) >= 11 is 0. The van der Waals surface area contributed by atoms with Crippen molar-refractivity contribution in [2.24, 2.45) is 0 Å². The Kier molecular flexibility index (Phi) is 5.08. The van der Waals surface area contributed by atoms with Crippen LogP contribution in [0.15, 0.2) is 66.7 Å². The normalized spacial score (nSPS) is 15.7. The number of nitrogens with one attached hydrogen (secondary N) is 1. The predicted octanol–water partition coefficient (Wildman–Crippen LogP) is 4.78. The minimum absolute atomic E-state index is 0.0856. The maximum Gasteiger partial charge on any atom is 0.411 e. The van der Waals surface area contributed by atoms with Crippen LogP contribution >= 0.6 is 0 Å². The number of nitrogens with zero attached hydrogens (tertiary/aromatic N) is 1. The van der Waals surface area contributed by atoms with E-state index in [1.54, 1.807) is 6.07 Å². The van der Waals surface area contributed by atoms with Gasteiger partial charge in [0.05, 0.1) is 27.9 Å². The zero-order valence-electron chi connectivity index (χ0n) is 18.2. The Balaban J connectivity index is 1.75. The highest BCUT2D eigenvalue weighted by Crippen LogP contribution is 2.57. The zero-order valence-corrected chi connectivity index (χ0v) is 18.2. The van der Waals surface area contributed by atoms with Gasteiger partial charge < -0.3 is 0 Å². The first-order valence-electron chi connectivity index (χ1n) is 10.5. The van der Waals surface area contributed by atoms with E-state index in [0.29, 0.717) is 35.2 Å². The molecule has 2 heterocycles. The van der Waals surface area contributed by atoms with Crippen molar-refractivity contribution in [3.8, 4) is 0 Å². The van der Waals surface area contributed by atoms with Crippen molar-refractivity contribution in [3.05, 3.63) is 100 Å². The second-order valence-electron chi connectivity index (χ2n) is 8.33. The summed E-state index contributed by atoms with van der Waals surface area (Å²) in [5, 5.41) is 1.82. The summed E-state index contributed by atoms with van der Waals surface area (Å²) in [5.41, 5.74) is -9.40. The number of amides is 4. The molecule has 0 unspecified atom stereocenters. The van der Waals surface area contributed by atoms with Crippen molar-refractivity contribution >= 4 is 29.3 Å². The van der Waals surface area contributed by atoms with Gasteiger partial charge in [-0.15, -0.1) is 0 Å². The number of rotatable bonds is 3. The molecule has 0 aliphatic carbocycles.